The first-order valence-corrected chi connectivity index (χ1v) is 17.4. The zero-order chi connectivity index (χ0) is 31.3. The Morgan fingerprint density at radius 3 is 2.67 bits per heavy atom. The van der Waals surface area contributed by atoms with Gasteiger partial charge in [0, 0.05) is 61.4 Å². The van der Waals surface area contributed by atoms with E-state index in [1.165, 1.54) is 40.4 Å². The molecular weight excluding hydrogens is 578 g/mol. The van der Waals surface area contributed by atoms with Crippen molar-refractivity contribution < 1.29 is 14.3 Å². The van der Waals surface area contributed by atoms with E-state index in [2.05, 4.69) is 68.7 Å². The Balaban J connectivity index is 1.09. The maximum atomic E-state index is 11.8. The Kier molecular flexibility index (Phi) is 7.88. The van der Waals surface area contributed by atoms with Crippen LogP contribution in [0.2, 0.25) is 0 Å². The van der Waals surface area contributed by atoms with Gasteiger partial charge < -0.3 is 29.9 Å². The molecule has 3 aromatic rings. The van der Waals surface area contributed by atoms with Gasteiger partial charge in [-0.25, -0.2) is 4.79 Å². The van der Waals surface area contributed by atoms with E-state index in [1.807, 2.05) is 0 Å². The molecule has 8 rings (SSSR count). The van der Waals surface area contributed by atoms with E-state index in [0.717, 1.165) is 82.8 Å². The van der Waals surface area contributed by atoms with Gasteiger partial charge in [-0.3, -0.25) is 4.90 Å². The SMILES string of the molecule is CCc1cccc2cccc(N3CCc4c(nc(OCC56CCCN5C(COC(=O)NC)CC6)nc4N4C[C@H]5CC[C@@H](C4)N5)C3)c12. The Morgan fingerprint density at radius 1 is 1.04 bits per heavy atom. The van der Waals surface area contributed by atoms with Crippen LogP contribution in [-0.2, 0) is 24.1 Å². The summed E-state index contributed by atoms with van der Waals surface area (Å²) in [7, 11) is 1.60. The molecule has 10 nitrogen and oxygen atoms in total. The molecular formula is C36H47N7O3. The molecule has 46 heavy (non-hydrogen) atoms. The van der Waals surface area contributed by atoms with Gasteiger partial charge in [-0.1, -0.05) is 37.3 Å². The van der Waals surface area contributed by atoms with Crippen LogP contribution in [0.15, 0.2) is 36.4 Å². The van der Waals surface area contributed by atoms with Gasteiger partial charge in [0.15, 0.2) is 0 Å². The average molecular weight is 626 g/mol. The maximum absolute atomic E-state index is 11.8. The molecule has 10 heteroatoms. The normalized spacial score (nSPS) is 27.1. The first-order valence-electron chi connectivity index (χ1n) is 17.4. The minimum atomic E-state index is -0.368. The van der Waals surface area contributed by atoms with Crippen LogP contribution >= 0.6 is 0 Å². The van der Waals surface area contributed by atoms with E-state index in [-0.39, 0.29) is 17.7 Å². The van der Waals surface area contributed by atoms with Gasteiger partial charge >= 0.3 is 12.1 Å². The number of piperazine rings is 1. The van der Waals surface area contributed by atoms with Gasteiger partial charge in [0.1, 0.15) is 19.0 Å². The summed E-state index contributed by atoms with van der Waals surface area (Å²) in [5.74, 6) is 1.08. The van der Waals surface area contributed by atoms with Gasteiger partial charge in [0.25, 0.3) is 0 Å². The molecule has 6 heterocycles. The number of hydrogen-bond acceptors (Lipinski definition) is 9. The number of carbonyl (C=O) groups is 1. The second-order valence-electron chi connectivity index (χ2n) is 14.0. The lowest BCUT2D eigenvalue weighted by atomic mass is 9.95. The summed E-state index contributed by atoms with van der Waals surface area (Å²) in [5.41, 5.74) is 5.00. The molecule has 244 valence electrons. The van der Waals surface area contributed by atoms with Crippen molar-refractivity contribution in [3.05, 3.63) is 53.2 Å². The highest BCUT2D eigenvalue weighted by molar-refractivity contribution is 5.97. The molecule has 1 amide bonds. The monoisotopic (exact) mass is 625 g/mol. The number of fused-ring (bicyclic) bond motifs is 5. The Hall–Kier alpha value is -3.63. The number of anilines is 2. The van der Waals surface area contributed by atoms with Crippen LogP contribution in [0.3, 0.4) is 0 Å². The maximum Gasteiger partial charge on any atom is 0.406 e. The molecule has 0 radical (unpaired) electrons. The Morgan fingerprint density at radius 2 is 1.87 bits per heavy atom. The lowest BCUT2D eigenvalue weighted by molar-refractivity contribution is 0.0554. The Bertz CT molecular complexity index is 1600. The number of benzene rings is 2. The number of nitrogens with one attached hydrogen (secondary N) is 2. The molecule has 2 bridgehead atoms. The van der Waals surface area contributed by atoms with Crippen LogP contribution < -0.4 is 25.2 Å². The number of rotatable bonds is 8. The topological polar surface area (TPSA) is 95.1 Å². The first-order chi connectivity index (χ1) is 22.5. The zero-order valence-corrected chi connectivity index (χ0v) is 27.3. The third-order valence-corrected chi connectivity index (χ3v) is 11.3. The van der Waals surface area contributed by atoms with Crippen LogP contribution in [0.1, 0.15) is 62.3 Å². The van der Waals surface area contributed by atoms with E-state index in [4.69, 9.17) is 19.4 Å². The predicted octanol–water partition coefficient (Wildman–Crippen LogP) is 4.43. The molecule has 4 atom stereocenters. The molecule has 0 saturated carbocycles. The van der Waals surface area contributed by atoms with Crippen LogP contribution in [0.4, 0.5) is 16.3 Å². The molecule has 4 saturated heterocycles. The molecule has 0 aliphatic carbocycles. The zero-order valence-electron chi connectivity index (χ0n) is 27.3. The van der Waals surface area contributed by atoms with E-state index in [9.17, 15) is 4.79 Å². The van der Waals surface area contributed by atoms with Crippen LogP contribution in [0.5, 0.6) is 6.01 Å². The largest absolute Gasteiger partial charge is 0.461 e. The lowest BCUT2D eigenvalue weighted by Crippen LogP contribution is -2.52. The number of carbonyl (C=O) groups excluding carboxylic acids is 1. The summed E-state index contributed by atoms with van der Waals surface area (Å²) < 4.78 is 12.1. The summed E-state index contributed by atoms with van der Waals surface area (Å²) in [6, 6.07) is 15.1. The number of alkyl carbamates (subject to hydrolysis) is 1. The minimum absolute atomic E-state index is 0.0597. The molecule has 5 aliphatic rings. The fraction of sp³-hybridized carbons (Fsp3) is 0.583. The van der Waals surface area contributed by atoms with Crippen molar-refractivity contribution in [2.75, 3.05) is 56.2 Å². The standard InChI is InChI=1S/C36H47N7O3/c1-3-24-7-4-8-25-9-5-10-31(32(24)25)41-18-14-29-30(21-41)39-34(40-33(29)42-19-26-11-12-27(20-42)38-26)46-23-36-15-6-17-43(36)28(13-16-36)22-45-35(44)37-2/h4-5,7-10,26-28,38H,3,6,11-23H2,1-2H3,(H,37,44)/t26-,27+,28?,36?. The lowest BCUT2D eigenvalue weighted by Gasteiger charge is -2.38. The van der Waals surface area contributed by atoms with Crippen LogP contribution in [-0.4, -0.2) is 91.1 Å². The number of nitrogens with zero attached hydrogens (tertiary/aromatic N) is 5. The van der Waals surface area contributed by atoms with Gasteiger partial charge in [-0.2, -0.15) is 9.97 Å². The van der Waals surface area contributed by atoms with Crippen molar-refractivity contribution in [3.63, 3.8) is 0 Å². The van der Waals surface area contributed by atoms with E-state index >= 15 is 0 Å². The fourth-order valence-corrected chi connectivity index (χ4v) is 9.08. The van der Waals surface area contributed by atoms with Gasteiger partial charge in [0.05, 0.1) is 17.8 Å². The third-order valence-electron chi connectivity index (χ3n) is 11.3. The van der Waals surface area contributed by atoms with Crippen molar-refractivity contribution in [1.29, 1.82) is 0 Å². The molecule has 1 aromatic heterocycles. The van der Waals surface area contributed by atoms with Crippen molar-refractivity contribution in [1.82, 2.24) is 25.5 Å². The predicted molar refractivity (Wildman–Crippen MR) is 180 cm³/mol. The fourth-order valence-electron chi connectivity index (χ4n) is 9.08. The molecule has 4 fully saturated rings. The number of hydrogen-bond donors (Lipinski definition) is 2. The van der Waals surface area contributed by atoms with E-state index < -0.39 is 0 Å². The molecule has 0 spiro atoms. The van der Waals surface area contributed by atoms with Crippen molar-refractivity contribution in [2.45, 2.75) is 88.5 Å². The average Bonchev–Trinajstić information content (AvgIpc) is 3.77. The minimum Gasteiger partial charge on any atom is -0.461 e. The molecule has 2 N–H and O–H groups in total. The second kappa shape index (κ2) is 12.2. The molecule has 2 aromatic carbocycles. The third kappa shape index (κ3) is 5.33. The van der Waals surface area contributed by atoms with Gasteiger partial charge in [-0.15, -0.1) is 0 Å². The van der Waals surface area contributed by atoms with Crippen molar-refractivity contribution >= 4 is 28.4 Å². The van der Waals surface area contributed by atoms with E-state index in [1.54, 1.807) is 7.05 Å². The highest BCUT2D eigenvalue weighted by Crippen LogP contribution is 2.43. The summed E-state index contributed by atoms with van der Waals surface area (Å²) in [5, 5.41) is 9.01. The second-order valence-corrected chi connectivity index (χ2v) is 14.0. The summed E-state index contributed by atoms with van der Waals surface area (Å²) in [6.07, 6.45) is 8.25. The highest BCUT2D eigenvalue weighted by atomic mass is 16.5. The quantitative estimate of drug-likeness (QED) is 0.377. The summed E-state index contributed by atoms with van der Waals surface area (Å²) in [4.78, 5) is 29.7. The van der Waals surface area contributed by atoms with Crippen LogP contribution in [0.25, 0.3) is 10.8 Å². The van der Waals surface area contributed by atoms with Crippen molar-refractivity contribution in [3.8, 4) is 6.01 Å². The van der Waals surface area contributed by atoms with Gasteiger partial charge in [0.2, 0.25) is 0 Å². The highest BCUT2D eigenvalue weighted by Gasteiger charge is 2.50. The van der Waals surface area contributed by atoms with Crippen molar-refractivity contribution in [2.24, 2.45) is 0 Å². The molecule has 5 aliphatic heterocycles. The summed E-state index contributed by atoms with van der Waals surface area (Å²) >= 11 is 0. The van der Waals surface area contributed by atoms with Gasteiger partial charge in [-0.05, 0) is 74.9 Å². The smallest absolute Gasteiger partial charge is 0.406 e. The first kappa shape index (κ1) is 29.8. The number of amides is 1. The van der Waals surface area contributed by atoms with Crippen LogP contribution in [0, 0.1) is 0 Å². The molecule has 2 unspecified atom stereocenters. The summed E-state index contributed by atoms with van der Waals surface area (Å²) in [6.45, 7) is 7.87. The number of ether oxygens (including phenoxy) is 2. The Labute approximate surface area is 271 Å². The number of aryl methyl sites for hydroxylation is 1. The number of aromatic nitrogens is 2. The van der Waals surface area contributed by atoms with E-state index in [0.29, 0.717) is 31.3 Å².